The number of nitrogens with one attached hydrogen (secondary N) is 1. The van der Waals surface area contributed by atoms with Gasteiger partial charge in [-0.05, 0) is 32.4 Å². The molecular weight excluding hydrogens is 292 g/mol. The Labute approximate surface area is 134 Å². The maximum absolute atomic E-state index is 11.9. The first-order chi connectivity index (χ1) is 11.1. The summed E-state index contributed by atoms with van der Waals surface area (Å²) in [5.74, 6) is 1.68. The van der Waals surface area contributed by atoms with Crippen LogP contribution in [0, 0.1) is 13.8 Å². The van der Waals surface area contributed by atoms with Crippen LogP contribution in [0.15, 0.2) is 34.9 Å². The normalized spacial score (nSPS) is 11.0. The summed E-state index contributed by atoms with van der Waals surface area (Å²) in [5, 5.41) is 6.74. The number of aryl methyl sites for hydroxylation is 3. The molecule has 0 fully saturated rings. The maximum Gasteiger partial charge on any atom is 0.226 e. The van der Waals surface area contributed by atoms with Gasteiger partial charge in [0.2, 0.25) is 5.91 Å². The fourth-order valence-electron chi connectivity index (χ4n) is 2.67. The predicted octanol–water partition coefficient (Wildman–Crippen LogP) is 2.39. The number of rotatable bonds is 6. The third-order valence-electron chi connectivity index (χ3n) is 3.74. The number of aromatic nitrogens is 3. The van der Waals surface area contributed by atoms with Crippen molar-refractivity contribution in [2.24, 2.45) is 0 Å². The van der Waals surface area contributed by atoms with Gasteiger partial charge in [0.15, 0.2) is 0 Å². The fourth-order valence-corrected chi connectivity index (χ4v) is 2.67. The van der Waals surface area contributed by atoms with Crippen LogP contribution in [-0.4, -0.2) is 27.2 Å². The Balaban J connectivity index is 1.49. The summed E-state index contributed by atoms with van der Waals surface area (Å²) in [6, 6.07) is 9.87. The molecule has 6 heteroatoms. The van der Waals surface area contributed by atoms with Crippen LogP contribution < -0.4 is 5.32 Å². The van der Waals surface area contributed by atoms with Crippen molar-refractivity contribution in [1.82, 2.24) is 20.0 Å². The van der Waals surface area contributed by atoms with E-state index in [4.69, 9.17) is 4.52 Å². The Kier molecular flexibility index (Phi) is 4.41. The van der Waals surface area contributed by atoms with Crippen LogP contribution in [0.2, 0.25) is 0 Å². The Morgan fingerprint density at radius 1 is 1.30 bits per heavy atom. The first kappa shape index (κ1) is 15.3. The van der Waals surface area contributed by atoms with Crippen LogP contribution in [0.3, 0.4) is 0 Å². The SMILES string of the molecule is Cc1cc(CC(=O)NCCCn2c(C)nc3ccccc32)no1. The van der Waals surface area contributed by atoms with E-state index >= 15 is 0 Å². The largest absolute Gasteiger partial charge is 0.361 e. The first-order valence-corrected chi connectivity index (χ1v) is 7.74. The molecule has 0 bridgehead atoms. The molecule has 0 atom stereocenters. The van der Waals surface area contributed by atoms with E-state index in [1.807, 2.05) is 32.0 Å². The van der Waals surface area contributed by atoms with Gasteiger partial charge in [-0.2, -0.15) is 0 Å². The summed E-state index contributed by atoms with van der Waals surface area (Å²) >= 11 is 0. The van der Waals surface area contributed by atoms with Gasteiger partial charge in [-0.1, -0.05) is 17.3 Å². The van der Waals surface area contributed by atoms with Gasteiger partial charge in [-0.25, -0.2) is 4.98 Å². The lowest BCUT2D eigenvalue weighted by atomic mass is 10.2. The number of para-hydroxylation sites is 2. The summed E-state index contributed by atoms with van der Waals surface area (Å²) in [4.78, 5) is 16.4. The molecule has 1 amide bonds. The molecule has 2 aromatic heterocycles. The molecule has 120 valence electrons. The molecule has 0 saturated carbocycles. The molecular formula is C17H20N4O2. The molecule has 1 N–H and O–H groups in total. The van der Waals surface area contributed by atoms with Gasteiger partial charge in [0.05, 0.1) is 23.1 Å². The van der Waals surface area contributed by atoms with Gasteiger partial charge in [0, 0.05) is 19.2 Å². The molecule has 0 unspecified atom stereocenters. The zero-order valence-electron chi connectivity index (χ0n) is 13.4. The highest BCUT2D eigenvalue weighted by atomic mass is 16.5. The van der Waals surface area contributed by atoms with Crippen LogP contribution >= 0.6 is 0 Å². The van der Waals surface area contributed by atoms with Crippen molar-refractivity contribution < 1.29 is 9.32 Å². The molecule has 3 aromatic rings. The van der Waals surface area contributed by atoms with E-state index in [2.05, 4.69) is 26.1 Å². The number of hydrogen-bond acceptors (Lipinski definition) is 4. The number of nitrogens with zero attached hydrogens (tertiary/aromatic N) is 3. The van der Waals surface area contributed by atoms with Crippen LogP contribution in [0.4, 0.5) is 0 Å². The van der Waals surface area contributed by atoms with E-state index in [0.29, 0.717) is 12.2 Å². The van der Waals surface area contributed by atoms with Gasteiger partial charge in [0.1, 0.15) is 11.6 Å². The van der Waals surface area contributed by atoms with Gasteiger partial charge >= 0.3 is 0 Å². The summed E-state index contributed by atoms with van der Waals surface area (Å²) in [5.41, 5.74) is 2.81. The van der Waals surface area contributed by atoms with Gasteiger partial charge < -0.3 is 14.4 Å². The average molecular weight is 312 g/mol. The zero-order valence-corrected chi connectivity index (χ0v) is 13.4. The number of carbonyl (C=O) groups excluding carboxylic acids is 1. The average Bonchev–Trinajstić information content (AvgIpc) is 3.06. The first-order valence-electron chi connectivity index (χ1n) is 7.74. The van der Waals surface area contributed by atoms with E-state index in [9.17, 15) is 4.79 Å². The van der Waals surface area contributed by atoms with Crippen LogP contribution in [0.1, 0.15) is 23.7 Å². The molecule has 0 spiro atoms. The lowest BCUT2D eigenvalue weighted by molar-refractivity contribution is -0.120. The zero-order chi connectivity index (χ0) is 16.2. The van der Waals surface area contributed by atoms with Crippen LogP contribution in [0.5, 0.6) is 0 Å². The summed E-state index contributed by atoms with van der Waals surface area (Å²) in [7, 11) is 0. The maximum atomic E-state index is 11.9. The fraction of sp³-hybridized carbons (Fsp3) is 0.353. The quantitative estimate of drug-likeness (QED) is 0.709. The topological polar surface area (TPSA) is 73.0 Å². The highest BCUT2D eigenvalue weighted by Gasteiger charge is 2.08. The Morgan fingerprint density at radius 3 is 2.91 bits per heavy atom. The summed E-state index contributed by atoms with van der Waals surface area (Å²) in [6.45, 7) is 5.27. The molecule has 1 aromatic carbocycles. The monoisotopic (exact) mass is 312 g/mol. The molecule has 3 rings (SSSR count). The number of benzene rings is 1. The van der Waals surface area contributed by atoms with Gasteiger partial charge in [0.25, 0.3) is 0 Å². The second-order valence-corrected chi connectivity index (χ2v) is 5.61. The standard InChI is InChI=1S/C17H20N4O2/c1-12-10-14(20-23-12)11-17(22)18-8-5-9-21-13(2)19-15-6-3-4-7-16(15)21/h3-4,6-7,10H,5,8-9,11H2,1-2H3,(H,18,22). The van der Waals surface area contributed by atoms with Crippen molar-refractivity contribution in [2.45, 2.75) is 33.2 Å². The lowest BCUT2D eigenvalue weighted by Gasteiger charge is -2.08. The van der Waals surface area contributed by atoms with Crippen molar-refractivity contribution in [1.29, 1.82) is 0 Å². The minimum absolute atomic E-state index is 0.0366. The van der Waals surface area contributed by atoms with E-state index in [1.54, 1.807) is 6.07 Å². The van der Waals surface area contributed by atoms with E-state index in [1.165, 1.54) is 0 Å². The number of amides is 1. The molecule has 0 aliphatic heterocycles. The molecule has 0 aliphatic carbocycles. The minimum Gasteiger partial charge on any atom is -0.361 e. The Bertz CT molecular complexity index is 819. The van der Waals surface area contributed by atoms with Crippen LogP contribution in [0.25, 0.3) is 11.0 Å². The minimum atomic E-state index is -0.0366. The van der Waals surface area contributed by atoms with Crippen LogP contribution in [-0.2, 0) is 17.8 Å². The van der Waals surface area contributed by atoms with E-state index in [0.717, 1.165) is 35.6 Å². The number of carbonyl (C=O) groups is 1. The summed E-state index contributed by atoms with van der Waals surface area (Å²) in [6.07, 6.45) is 1.11. The molecule has 2 heterocycles. The van der Waals surface area contributed by atoms with Crippen molar-refractivity contribution in [3.8, 4) is 0 Å². The van der Waals surface area contributed by atoms with E-state index < -0.39 is 0 Å². The lowest BCUT2D eigenvalue weighted by Crippen LogP contribution is -2.27. The third kappa shape index (κ3) is 3.59. The predicted molar refractivity (Wildman–Crippen MR) is 87.0 cm³/mol. The Hall–Kier alpha value is -2.63. The highest BCUT2D eigenvalue weighted by Crippen LogP contribution is 2.15. The second-order valence-electron chi connectivity index (χ2n) is 5.61. The second kappa shape index (κ2) is 6.64. The number of imidazole rings is 1. The summed E-state index contributed by atoms with van der Waals surface area (Å²) < 4.78 is 7.14. The van der Waals surface area contributed by atoms with Gasteiger partial charge in [-0.3, -0.25) is 4.79 Å². The molecule has 0 radical (unpaired) electrons. The number of hydrogen-bond donors (Lipinski definition) is 1. The molecule has 0 aliphatic rings. The van der Waals surface area contributed by atoms with Gasteiger partial charge in [-0.15, -0.1) is 0 Å². The van der Waals surface area contributed by atoms with Crippen molar-refractivity contribution in [2.75, 3.05) is 6.54 Å². The van der Waals surface area contributed by atoms with Crippen molar-refractivity contribution >= 4 is 16.9 Å². The van der Waals surface area contributed by atoms with E-state index in [-0.39, 0.29) is 12.3 Å². The molecule has 6 nitrogen and oxygen atoms in total. The molecule has 0 saturated heterocycles. The number of fused-ring (bicyclic) bond motifs is 1. The van der Waals surface area contributed by atoms with Crippen molar-refractivity contribution in [3.05, 3.63) is 47.6 Å². The highest BCUT2D eigenvalue weighted by molar-refractivity contribution is 5.78. The van der Waals surface area contributed by atoms with Crippen molar-refractivity contribution in [3.63, 3.8) is 0 Å². The smallest absolute Gasteiger partial charge is 0.226 e. The molecule has 23 heavy (non-hydrogen) atoms. The third-order valence-corrected chi connectivity index (χ3v) is 3.74. The Morgan fingerprint density at radius 2 is 2.13 bits per heavy atom.